The lowest BCUT2D eigenvalue weighted by atomic mass is 10.2. The fraction of sp³-hybridized carbons (Fsp3) is 0.143. The van der Waals surface area contributed by atoms with Crippen LogP contribution in [0, 0.1) is 6.92 Å². The van der Waals surface area contributed by atoms with Gasteiger partial charge in [-0.25, -0.2) is 13.6 Å². The second-order valence-corrected chi connectivity index (χ2v) is 6.87. The van der Waals surface area contributed by atoms with Crippen molar-refractivity contribution >= 4 is 26.0 Å². The van der Waals surface area contributed by atoms with Crippen LogP contribution in [0.1, 0.15) is 11.1 Å². The maximum atomic E-state index is 11.2. The zero-order valence-electron chi connectivity index (χ0n) is 10.8. The van der Waals surface area contributed by atoms with Gasteiger partial charge in [0, 0.05) is 4.47 Å². The van der Waals surface area contributed by atoms with Crippen LogP contribution < -0.4 is 9.88 Å². The number of hydrogen-bond donors (Lipinski definition) is 1. The fourth-order valence-electron chi connectivity index (χ4n) is 1.75. The highest BCUT2D eigenvalue weighted by molar-refractivity contribution is 9.10. The third-order valence-electron chi connectivity index (χ3n) is 2.76. The lowest BCUT2D eigenvalue weighted by Crippen LogP contribution is -2.12. The molecule has 0 fully saturated rings. The van der Waals surface area contributed by atoms with E-state index in [-0.39, 0.29) is 4.90 Å². The molecule has 2 aromatic rings. The van der Waals surface area contributed by atoms with Gasteiger partial charge in [0.2, 0.25) is 10.0 Å². The first kappa shape index (κ1) is 15.0. The Kier molecular flexibility index (Phi) is 4.47. The number of aryl methyl sites for hydroxylation is 1. The zero-order valence-corrected chi connectivity index (χ0v) is 13.2. The number of benzene rings is 2. The van der Waals surface area contributed by atoms with Crippen molar-refractivity contribution in [2.24, 2.45) is 5.14 Å². The third kappa shape index (κ3) is 3.82. The van der Waals surface area contributed by atoms with Crippen molar-refractivity contribution in [1.29, 1.82) is 0 Å². The fourth-order valence-corrected chi connectivity index (χ4v) is 2.79. The highest BCUT2D eigenvalue weighted by Crippen LogP contribution is 2.22. The molecule has 0 aliphatic rings. The largest absolute Gasteiger partial charge is 0.489 e. The first-order valence-electron chi connectivity index (χ1n) is 5.87. The van der Waals surface area contributed by atoms with E-state index in [4.69, 9.17) is 9.88 Å². The molecule has 0 radical (unpaired) electrons. The van der Waals surface area contributed by atoms with Crippen molar-refractivity contribution < 1.29 is 13.2 Å². The quantitative estimate of drug-likeness (QED) is 0.916. The van der Waals surface area contributed by atoms with Crippen LogP contribution in [0.3, 0.4) is 0 Å². The van der Waals surface area contributed by atoms with Gasteiger partial charge >= 0.3 is 0 Å². The molecule has 0 spiro atoms. The molecule has 20 heavy (non-hydrogen) atoms. The number of ether oxygens (including phenoxy) is 1. The molecule has 0 bridgehead atoms. The summed E-state index contributed by atoms with van der Waals surface area (Å²) in [6.45, 7) is 2.19. The maximum absolute atomic E-state index is 11.2. The molecule has 0 saturated heterocycles. The molecule has 0 aliphatic heterocycles. The Morgan fingerprint density at radius 3 is 2.55 bits per heavy atom. The highest BCUT2D eigenvalue weighted by Gasteiger charge is 2.10. The van der Waals surface area contributed by atoms with Crippen LogP contribution in [-0.2, 0) is 16.6 Å². The van der Waals surface area contributed by atoms with Gasteiger partial charge in [-0.1, -0.05) is 28.1 Å². The molecule has 0 aliphatic carbocycles. The Labute approximate surface area is 126 Å². The molecular formula is C14H14BrNO3S. The lowest BCUT2D eigenvalue weighted by molar-refractivity contribution is 0.304. The Hall–Kier alpha value is -1.37. The second-order valence-electron chi connectivity index (χ2n) is 4.39. The summed E-state index contributed by atoms with van der Waals surface area (Å²) in [7, 11) is -3.68. The molecule has 106 valence electrons. The van der Waals surface area contributed by atoms with Gasteiger partial charge in [-0.05, 0) is 48.4 Å². The van der Waals surface area contributed by atoms with E-state index in [0.717, 1.165) is 15.6 Å². The summed E-state index contributed by atoms with van der Waals surface area (Å²) in [6, 6.07) is 12.4. The first-order valence-corrected chi connectivity index (χ1v) is 8.21. The number of halogens is 1. The van der Waals surface area contributed by atoms with E-state index >= 15 is 0 Å². The monoisotopic (exact) mass is 355 g/mol. The van der Waals surface area contributed by atoms with Crippen molar-refractivity contribution in [2.75, 3.05) is 0 Å². The summed E-state index contributed by atoms with van der Waals surface area (Å²) in [5.74, 6) is 0.636. The second kappa shape index (κ2) is 5.95. The Morgan fingerprint density at radius 2 is 1.95 bits per heavy atom. The van der Waals surface area contributed by atoms with Crippen LogP contribution in [0.5, 0.6) is 5.75 Å². The van der Waals surface area contributed by atoms with Gasteiger partial charge < -0.3 is 4.74 Å². The molecule has 2 aromatic carbocycles. The SMILES string of the molecule is Cc1cc(S(N)(=O)=O)ccc1OCc1cccc(Br)c1. The third-order valence-corrected chi connectivity index (χ3v) is 4.16. The van der Waals surface area contributed by atoms with Crippen molar-refractivity contribution in [3.05, 3.63) is 58.1 Å². The van der Waals surface area contributed by atoms with Crippen molar-refractivity contribution in [2.45, 2.75) is 18.4 Å². The van der Waals surface area contributed by atoms with Gasteiger partial charge in [-0.15, -0.1) is 0 Å². The van der Waals surface area contributed by atoms with Gasteiger partial charge in [0.15, 0.2) is 0 Å². The molecule has 0 atom stereocenters. The van der Waals surface area contributed by atoms with Gasteiger partial charge in [0.1, 0.15) is 12.4 Å². The van der Waals surface area contributed by atoms with E-state index in [0.29, 0.717) is 12.4 Å². The predicted octanol–water partition coefficient (Wildman–Crippen LogP) is 2.98. The number of primary sulfonamides is 1. The van der Waals surface area contributed by atoms with Gasteiger partial charge in [0.05, 0.1) is 4.90 Å². The predicted molar refractivity (Wildman–Crippen MR) is 81.0 cm³/mol. The Bertz CT molecular complexity index is 729. The molecular weight excluding hydrogens is 342 g/mol. The number of sulfonamides is 1. The van der Waals surface area contributed by atoms with Crippen LogP contribution in [0.25, 0.3) is 0 Å². The summed E-state index contributed by atoms with van der Waals surface area (Å²) >= 11 is 3.40. The molecule has 2 rings (SSSR count). The van der Waals surface area contributed by atoms with E-state index in [9.17, 15) is 8.42 Å². The first-order chi connectivity index (χ1) is 9.36. The smallest absolute Gasteiger partial charge is 0.238 e. The molecule has 6 heteroatoms. The Balaban J connectivity index is 2.15. The molecule has 0 amide bonds. The molecule has 0 heterocycles. The lowest BCUT2D eigenvalue weighted by Gasteiger charge is -2.10. The standard InChI is InChI=1S/C14H14BrNO3S/c1-10-7-13(20(16,17)18)5-6-14(10)19-9-11-3-2-4-12(15)8-11/h2-8H,9H2,1H3,(H2,16,17,18). The summed E-state index contributed by atoms with van der Waals surface area (Å²) in [5.41, 5.74) is 1.75. The van der Waals surface area contributed by atoms with E-state index in [1.807, 2.05) is 24.3 Å². The number of rotatable bonds is 4. The van der Waals surface area contributed by atoms with E-state index in [2.05, 4.69) is 15.9 Å². The van der Waals surface area contributed by atoms with Gasteiger partial charge in [-0.2, -0.15) is 0 Å². The number of nitrogens with two attached hydrogens (primary N) is 1. The average molecular weight is 356 g/mol. The normalized spacial score (nSPS) is 11.3. The maximum Gasteiger partial charge on any atom is 0.238 e. The minimum absolute atomic E-state index is 0.0878. The highest BCUT2D eigenvalue weighted by atomic mass is 79.9. The van der Waals surface area contributed by atoms with Gasteiger partial charge in [0.25, 0.3) is 0 Å². The van der Waals surface area contributed by atoms with Crippen LogP contribution in [0.15, 0.2) is 51.8 Å². The summed E-state index contributed by atoms with van der Waals surface area (Å²) < 4.78 is 29.2. The molecule has 0 unspecified atom stereocenters. The topological polar surface area (TPSA) is 69.4 Å². The minimum Gasteiger partial charge on any atom is -0.489 e. The minimum atomic E-state index is -3.68. The number of hydrogen-bond acceptors (Lipinski definition) is 3. The zero-order chi connectivity index (χ0) is 14.8. The molecule has 0 saturated carbocycles. The Morgan fingerprint density at radius 1 is 1.20 bits per heavy atom. The van der Waals surface area contributed by atoms with Crippen LogP contribution >= 0.6 is 15.9 Å². The van der Waals surface area contributed by atoms with Crippen molar-refractivity contribution in [3.63, 3.8) is 0 Å². The average Bonchev–Trinajstić information content (AvgIpc) is 2.36. The summed E-state index contributed by atoms with van der Waals surface area (Å²) in [6.07, 6.45) is 0. The van der Waals surface area contributed by atoms with Crippen LogP contribution in [0.4, 0.5) is 0 Å². The van der Waals surface area contributed by atoms with E-state index < -0.39 is 10.0 Å². The van der Waals surface area contributed by atoms with E-state index in [1.165, 1.54) is 12.1 Å². The van der Waals surface area contributed by atoms with Crippen molar-refractivity contribution in [3.8, 4) is 5.75 Å². The molecule has 4 nitrogen and oxygen atoms in total. The van der Waals surface area contributed by atoms with Crippen LogP contribution in [-0.4, -0.2) is 8.42 Å². The van der Waals surface area contributed by atoms with Crippen molar-refractivity contribution in [1.82, 2.24) is 0 Å². The van der Waals surface area contributed by atoms with Crippen LogP contribution in [0.2, 0.25) is 0 Å². The van der Waals surface area contributed by atoms with E-state index in [1.54, 1.807) is 13.0 Å². The molecule has 0 aromatic heterocycles. The summed E-state index contributed by atoms with van der Waals surface area (Å²) in [4.78, 5) is 0.0878. The summed E-state index contributed by atoms with van der Waals surface area (Å²) in [5, 5.41) is 5.08. The molecule has 2 N–H and O–H groups in total. The van der Waals surface area contributed by atoms with Gasteiger partial charge in [-0.3, -0.25) is 0 Å².